The Hall–Kier alpha value is -4.37. The first-order chi connectivity index (χ1) is 22.3. The van der Waals surface area contributed by atoms with Gasteiger partial charge in [-0.2, -0.15) is 26.3 Å². The number of hydrogen-bond donors (Lipinski definition) is 3. The highest BCUT2D eigenvalue weighted by Crippen LogP contribution is 2.50. The fraction of sp³-hybridized carbons (Fsp3) is 0.424. The van der Waals surface area contributed by atoms with Gasteiger partial charge < -0.3 is 29.9 Å². The van der Waals surface area contributed by atoms with E-state index >= 15 is 0 Å². The number of ketones is 1. The van der Waals surface area contributed by atoms with Crippen LogP contribution in [0.2, 0.25) is 0 Å². The Morgan fingerprint density at radius 3 is 2.15 bits per heavy atom. The number of pyridine rings is 1. The van der Waals surface area contributed by atoms with Crippen LogP contribution in [0.1, 0.15) is 62.6 Å². The second-order valence-corrected chi connectivity index (χ2v) is 11.9. The van der Waals surface area contributed by atoms with Crippen molar-refractivity contribution in [2.75, 3.05) is 13.1 Å². The summed E-state index contributed by atoms with van der Waals surface area (Å²) in [5.41, 5.74) is -7.14. The Morgan fingerprint density at radius 1 is 0.979 bits per heavy atom. The number of rotatable bonds is 11. The zero-order chi connectivity index (χ0) is 35.7. The monoisotopic (exact) mass is 683 g/mol. The van der Waals surface area contributed by atoms with Crippen LogP contribution in [0.5, 0.6) is 17.2 Å². The number of hydrogen-bond acceptors (Lipinski definition) is 7. The average Bonchev–Trinajstić information content (AvgIpc) is 2.99. The number of benzene rings is 2. The molecule has 2 heterocycles. The van der Waals surface area contributed by atoms with Crippen molar-refractivity contribution in [3.05, 3.63) is 83.2 Å². The molecule has 1 fully saturated rings. The van der Waals surface area contributed by atoms with E-state index in [1.54, 1.807) is 38.1 Å². The lowest BCUT2D eigenvalue weighted by Gasteiger charge is -2.39. The van der Waals surface area contributed by atoms with Crippen molar-refractivity contribution in [1.82, 2.24) is 15.2 Å². The molecule has 9 nitrogen and oxygen atoms in total. The SMILES string of the molecule is CCCc1cc(C(O)(C(F)(F)F)C(F)(F)F)ccc1Oc1ccc(C(O)CN2CC(=O)C(C)(c3ccc(OC(C)C)cc3)NC2=O)nc1. The number of urea groups is 1. The number of alkyl halides is 6. The molecule has 1 aromatic heterocycles. The third kappa shape index (κ3) is 7.36. The van der Waals surface area contributed by atoms with Gasteiger partial charge in [-0.15, -0.1) is 0 Å². The molecular formula is C33H35F6N3O6. The van der Waals surface area contributed by atoms with Crippen LogP contribution in [0.4, 0.5) is 31.1 Å². The number of aromatic nitrogens is 1. The lowest BCUT2D eigenvalue weighted by molar-refractivity contribution is -0.376. The summed E-state index contributed by atoms with van der Waals surface area (Å²) in [4.78, 5) is 31.4. The van der Waals surface area contributed by atoms with Gasteiger partial charge in [-0.1, -0.05) is 31.5 Å². The molecule has 0 saturated carbocycles. The summed E-state index contributed by atoms with van der Waals surface area (Å²) < 4.78 is 91.8. The van der Waals surface area contributed by atoms with Gasteiger partial charge in [0, 0.05) is 5.56 Å². The maximum absolute atomic E-state index is 13.4. The van der Waals surface area contributed by atoms with Gasteiger partial charge in [0.1, 0.15) is 28.9 Å². The standard InChI is InChI=1S/C33H35F6N3O6/c1-5-6-20-15-22(31(46,32(34,35)36)33(37,38)39)9-14-27(20)48-24-12-13-25(40-16-24)26(43)17-42-18-28(44)30(4,41-29(42)45)21-7-10-23(11-8-21)47-19(2)3/h7-16,19,26,43,46H,5-6,17-18H2,1-4H3,(H,41,45). The molecule has 3 N–H and O–H groups in total. The zero-order valence-electron chi connectivity index (χ0n) is 26.4. The molecule has 3 aromatic rings. The van der Waals surface area contributed by atoms with Gasteiger partial charge in [0.2, 0.25) is 0 Å². The fourth-order valence-corrected chi connectivity index (χ4v) is 5.22. The van der Waals surface area contributed by atoms with Crippen LogP contribution in [0, 0.1) is 0 Å². The van der Waals surface area contributed by atoms with Crippen molar-refractivity contribution < 1.29 is 55.6 Å². The molecule has 2 unspecified atom stereocenters. The summed E-state index contributed by atoms with van der Waals surface area (Å²) in [5, 5.41) is 23.3. The van der Waals surface area contributed by atoms with Crippen molar-refractivity contribution >= 4 is 11.8 Å². The Balaban J connectivity index is 1.45. The molecule has 260 valence electrons. The molecular weight excluding hydrogens is 648 g/mol. The highest BCUT2D eigenvalue weighted by atomic mass is 19.4. The minimum atomic E-state index is -6.03. The summed E-state index contributed by atoms with van der Waals surface area (Å²) in [6, 6.07) is 10.9. The average molecular weight is 684 g/mol. The maximum Gasteiger partial charge on any atom is 0.430 e. The number of nitrogens with zero attached hydrogens (tertiary/aromatic N) is 2. The van der Waals surface area contributed by atoms with Crippen molar-refractivity contribution in [2.45, 2.75) is 76.2 Å². The number of carbonyl (C=O) groups is 2. The molecule has 15 heteroatoms. The molecule has 2 amide bonds. The van der Waals surface area contributed by atoms with Gasteiger partial charge in [-0.25, -0.2) is 4.79 Å². The van der Waals surface area contributed by atoms with Crippen molar-refractivity contribution in [3.63, 3.8) is 0 Å². The third-order valence-electron chi connectivity index (χ3n) is 7.88. The summed E-state index contributed by atoms with van der Waals surface area (Å²) in [7, 11) is 0. The molecule has 0 bridgehead atoms. The molecule has 2 aromatic carbocycles. The lowest BCUT2D eigenvalue weighted by Crippen LogP contribution is -2.62. The molecule has 4 rings (SSSR count). The van der Waals surface area contributed by atoms with Crippen LogP contribution in [0.3, 0.4) is 0 Å². The number of β-amino-alcohol motifs (C(OH)–C–C–N with tert-alkyl or cyclic N) is 1. The number of aliphatic hydroxyl groups is 2. The first-order valence-corrected chi connectivity index (χ1v) is 15.0. The number of aryl methyl sites for hydroxylation is 1. The van der Waals surface area contributed by atoms with E-state index in [9.17, 15) is 46.1 Å². The Labute approximate surface area is 272 Å². The minimum Gasteiger partial charge on any atom is -0.491 e. The van der Waals surface area contributed by atoms with Crippen molar-refractivity contribution in [2.24, 2.45) is 0 Å². The molecule has 0 radical (unpaired) electrons. The Bertz CT molecular complexity index is 1600. The van der Waals surface area contributed by atoms with Gasteiger partial charge in [0.25, 0.3) is 5.60 Å². The van der Waals surface area contributed by atoms with Crippen LogP contribution in [-0.2, 0) is 22.4 Å². The summed E-state index contributed by atoms with van der Waals surface area (Å²) in [6.07, 6.45) is -11.9. The van der Waals surface area contributed by atoms with E-state index < -0.39 is 41.2 Å². The van der Waals surface area contributed by atoms with Crippen LogP contribution >= 0.6 is 0 Å². The van der Waals surface area contributed by atoms with Gasteiger partial charge in [-0.05, 0) is 74.7 Å². The largest absolute Gasteiger partial charge is 0.491 e. The highest BCUT2D eigenvalue weighted by Gasteiger charge is 2.71. The number of carbonyl (C=O) groups excluding carboxylic acids is 2. The molecule has 1 aliphatic heterocycles. The summed E-state index contributed by atoms with van der Waals surface area (Å²) >= 11 is 0. The second-order valence-electron chi connectivity index (χ2n) is 11.9. The van der Waals surface area contributed by atoms with E-state index in [4.69, 9.17) is 9.47 Å². The molecule has 0 aliphatic carbocycles. The maximum atomic E-state index is 13.4. The van der Waals surface area contributed by atoms with Crippen molar-refractivity contribution in [3.8, 4) is 17.2 Å². The van der Waals surface area contributed by atoms with E-state index in [0.717, 1.165) is 11.0 Å². The van der Waals surface area contributed by atoms with Gasteiger partial charge in [0.15, 0.2) is 5.78 Å². The van der Waals surface area contributed by atoms with Gasteiger partial charge in [0.05, 0.1) is 31.1 Å². The number of ether oxygens (including phenoxy) is 2. The van der Waals surface area contributed by atoms with E-state index in [0.29, 0.717) is 29.9 Å². The smallest absolute Gasteiger partial charge is 0.430 e. The Kier molecular flexibility index (Phi) is 10.4. The number of amides is 2. The predicted molar refractivity (Wildman–Crippen MR) is 160 cm³/mol. The number of Topliss-reactive ketones (excluding diaryl/α,β-unsaturated/α-hetero) is 1. The van der Waals surface area contributed by atoms with Crippen LogP contribution in [0.15, 0.2) is 60.8 Å². The number of nitrogens with one attached hydrogen (secondary N) is 1. The second kappa shape index (κ2) is 13.6. The van der Waals surface area contributed by atoms with Crippen LogP contribution in [0.25, 0.3) is 0 Å². The quantitative estimate of drug-likeness (QED) is 0.198. The van der Waals surface area contributed by atoms with E-state index in [-0.39, 0.29) is 54.2 Å². The molecule has 1 saturated heterocycles. The zero-order valence-corrected chi connectivity index (χ0v) is 26.4. The third-order valence-corrected chi connectivity index (χ3v) is 7.88. The molecule has 1 aliphatic rings. The first kappa shape index (κ1) is 36.5. The molecule has 0 spiro atoms. The van der Waals surface area contributed by atoms with E-state index in [2.05, 4.69) is 10.3 Å². The summed E-state index contributed by atoms with van der Waals surface area (Å²) in [5.74, 6) is 0.279. The fourth-order valence-electron chi connectivity index (χ4n) is 5.22. The van der Waals surface area contributed by atoms with E-state index in [1.165, 1.54) is 18.3 Å². The molecule has 48 heavy (non-hydrogen) atoms. The normalized spacial score (nSPS) is 18.1. The number of aliphatic hydroxyl groups excluding tert-OH is 1. The van der Waals surface area contributed by atoms with Gasteiger partial charge in [-0.3, -0.25) is 9.78 Å². The van der Waals surface area contributed by atoms with E-state index in [1.807, 2.05) is 13.8 Å². The first-order valence-electron chi connectivity index (χ1n) is 15.0. The topological polar surface area (TPSA) is 121 Å². The highest BCUT2D eigenvalue weighted by molar-refractivity contribution is 5.99. The number of halogens is 6. The summed E-state index contributed by atoms with van der Waals surface area (Å²) in [6.45, 7) is 6.43. The van der Waals surface area contributed by atoms with Crippen LogP contribution in [-0.4, -0.2) is 63.5 Å². The lowest BCUT2D eigenvalue weighted by atomic mass is 9.85. The van der Waals surface area contributed by atoms with Crippen molar-refractivity contribution in [1.29, 1.82) is 0 Å². The van der Waals surface area contributed by atoms with Crippen LogP contribution < -0.4 is 14.8 Å². The molecule has 2 atom stereocenters. The van der Waals surface area contributed by atoms with Gasteiger partial charge >= 0.3 is 18.4 Å². The predicted octanol–water partition coefficient (Wildman–Crippen LogP) is 6.47. The minimum absolute atomic E-state index is 0.0151. The Morgan fingerprint density at radius 2 is 1.60 bits per heavy atom.